The minimum absolute atomic E-state index is 0.134. The minimum atomic E-state index is -0.292. The third-order valence-corrected chi connectivity index (χ3v) is 5.52. The molecule has 3 rings (SSSR count). The van der Waals surface area contributed by atoms with Crippen molar-refractivity contribution in [1.82, 2.24) is 15.2 Å². The van der Waals surface area contributed by atoms with Crippen LogP contribution >= 0.6 is 11.3 Å². The Morgan fingerprint density at radius 2 is 2.06 bits per heavy atom. The van der Waals surface area contributed by atoms with Gasteiger partial charge >= 0.3 is 0 Å². The summed E-state index contributed by atoms with van der Waals surface area (Å²) < 4.78 is 19.5. The van der Waals surface area contributed by atoms with Crippen LogP contribution in [-0.4, -0.2) is 36.4 Å². The van der Waals surface area contributed by atoms with E-state index in [0.717, 1.165) is 21.8 Å². The zero-order valence-corrected chi connectivity index (χ0v) is 18.7. The van der Waals surface area contributed by atoms with Crippen LogP contribution in [0.1, 0.15) is 27.9 Å². The summed E-state index contributed by atoms with van der Waals surface area (Å²) >= 11 is 1.58. The van der Waals surface area contributed by atoms with Gasteiger partial charge in [-0.15, -0.1) is 11.3 Å². The number of halogens is 1. The number of benzene rings is 2. The third-order valence-electron chi connectivity index (χ3n) is 4.70. The number of aromatic nitrogens is 1. The maximum Gasteiger partial charge on any atom is 0.244 e. The van der Waals surface area contributed by atoms with Crippen molar-refractivity contribution in [2.75, 3.05) is 20.6 Å². The Labute approximate surface area is 186 Å². The summed E-state index contributed by atoms with van der Waals surface area (Å²) in [6.45, 7) is 2.69. The molecule has 0 spiro atoms. The van der Waals surface area contributed by atoms with E-state index in [-0.39, 0.29) is 17.8 Å². The van der Waals surface area contributed by atoms with Crippen molar-refractivity contribution in [3.8, 4) is 5.75 Å². The summed E-state index contributed by atoms with van der Waals surface area (Å²) in [4.78, 5) is 18.7. The number of rotatable bonds is 9. The van der Waals surface area contributed by atoms with Gasteiger partial charge in [0.25, 0.3) is 0 Å². The standard InChI is InChI=1S/C24H26FN3O2S/c1-17-27-21(16-31-17)15-30-23-10-5-4-7-18(23)11-12-24(29)26-14-22(28(2)3)19-8-6-9-20(25)13-19/h4-13,16,22H,14-15H2,1-3H3,(H,26,29)/b12-11+. The number of nitrogens with zero attached hydrogens (tertiary/aromatic N) is 2. The second kappa shape index (κ2) is 10.8. The molecule has 0 radical (unpaired) electrons. The van der Waals surface area contributed by atoms with Gasteiger partial charge in [0.1, 0.15) is 18.2 Å². The van der Waals surface area contributed by atoms with Gasteiger partial charge in [-0.2, -0.15) is 0 Å². The molecule has 7 heteroatoms. The monoisotopic (exact) mass is 439 g/mol. The number of thiazole rings is 1. The number of hydrogen-bond acceptors (Lipinski definition) is 5. The van der Waals surface area contributed by atoms with Crippen LogP contribution in [0.5, 0.6) is 5.75 Å². The molecule has 1 atom stereocenters. The largest absolute Gasteiger partial charge is 0.487 e. The molecule has 31 heavy (non-hydrogen) atoms. The lowest BCUT2D eigenvalue weighted by Crippen LogP contribution is -2.33. The molecule has 2 aromatic carbocycles. The van der Waals surface area contributed by atoms with Gasteiger partial charge in [0.15, 0.2) is 0 Å². The Morgan fingerprint density at radius 3 is 2.77 bits per heavy atom. The van der Waals surface area contributed by atoms with Crippen molar-refractivity contribution in [2.24, 2.45) is 0 Å². The molecular weight excluding hydrogens is 413 g/mol. The number of amides is 1. The van der Waals surface area contributed by atoms with E-state index < -0.39 is 0 Å². The molecule has 0 saturated carbocycles. The van der Waals surface area contributed by atoms with Crippen LogP contribution in [0.25, 0.3) is 6.08 Å². The fourth-order valence-corrected chi connectivity index (χ4v) is 3.71. The Balaban J connectivity index is 1.60. The predicted molar refractivity (Wildman–Crippen MR) is 122 cm³/mol. The first-order valence-electron chi connectivity index (χ1n) is 9.93. The SMILES string of the molecule is Cc1nc(COc2ccccc2/C=C/C(=O)NCC(c2cccc(F)c2)N(C)C)cs1. The second-order valence-corrected chi connectivity index (χ2v) is 8.36. The van der Waals surface area contributed by atoms with Crippen molar-refractivity contribution in [2.45, 2.75) is 19.6 Å². The molecule has 0 bridgehead atoms. The highest BCUT2D eigenvalue weighted by molar-refractivity contribution is 7.09. The van der Waals surface area contributed by atoms with E-state index in [0.29, 0.717) is 18.9 Å². The molecule has 0 aliphatic carbocycles. The first-order chi connectivity index (χ1) is 14.9. The van der Waals surface area contributed by atoms with Crippen molar-refractivity contribution < 1.29 is 13.9 Å². The van der Waals surface area contributed by atoms with Gasteiger partial charge in [-0.25, -0.2) is 9.37 Å². The molecule has 0 aliphatic rings. The summed E-state index contributed by atoms with van der Waals surface area (Å²) in [6, 6.07) is 13.8. The lowest BCUT2D eigenvalue weighted by Gasteiger charge is -2.25. The van der Waals surface area contributed by atoms with Crippen molar-refractivity contribution in [1.29, 1.82) is 0 Å². The summed E-state index contributed by atoms with van der Waals surface area (Å²) in [5, 5.41) is 5.86. The molecule has 1 heterocycles. The van der Waals surface area contributed by atoms with Gasteiger partial charge in [0, 0.05) is 23.6 Å². The molecule has 1 aromatic heterocycles. The van der Waals surface area contributed by atoms with Crippen LogP contribution in [0, 0.1) is 12.7 Å². The maximum atomic E-state index is 13.6. The maximum absolute atomic E-state index is 13.6. The molecule has 0 fully saturated rings. The molecule has 3 aromatic rings. The quantitative estimate of drug-likeness (QED) is 0.495. The third kappa shape index (κ3) is 6.73. The molecule has 162 valence electrons. The number of likely N-dealkylation sites (N-methyl/N-ethyl adjacent to an activating group) is 1. The van der Waals surface area contributed by atoms with Crippen LogP contribution < -0.4 is 10.1 Å². The highest BCUT2D eigenvalue weighted by atomic mass is 32.1. The Bertz CT molecular complexity index is 1050. The van der Waals surface area contributed by atoms with Crippen molar-refractivity contribution in [3.05, 3.63) is 87.6 Å². The average molecular weight is 440 g/mol. The van der Waals surface area contributed by atoms with Gasteiger partial charge in [0.05, 0.1) is 16.7 Å². The molecule has 1 N–H and O–H groups in total. The van der Waals surface area contributed by atoms with E-state index in [1.165, 1.54) is 18.2 Å². The first-order valence-corrected chi connectivity index (χ1v) is 10.8. The summed E-state index contributed by atoms with van der Waals surface area (Å²) in [7, 11) is 3.80. The molecule has 5 nitrogen and oxygen atoms in total. The van der Waals surface area contributed by atoms with Gasteiger partial charge in [0.2, 0.25) is 5.91 Å². The highest BCUT2D eigenvalue weighted by Gasteiger charge is 2.15. The number of carbonyl (C=O) groups is 1. The zero-order valence-electron chi connectivity index (χ0n) is 17.8. The van der Waals surface area contributed by atoms with Crippen LogP contribution in [0.15, 0.2) is 60.0 Å². The summed E-state index contributed by atoms with van der Waals surface area (Å²) in [5.41, 5.74) is 2.50. The Kier molecular flexibility index (Phi) is 7.92. The number of para-hydroxylation sites is 1. The smallest absolute Gasteiger partial charge is 0.244 e. The van der Waals surface area contributed by atoms with Gasteiger partial charge < -0.3 is 15.0 Å². The van der Waals surface area contributed by atoms with Crippen molar-refractivity contribution in [3.63, 3.8) is 0 Å². The predicted octanol–water partition coefficient (Wildman–Crippen LogP) is 4.60. The molecule has 0 saturated heterocycles. The number of carbonyl (C=O) groups excluding carboxylic acids is 1. The molecule has 1 amide bonds. The number of ether oxygens (including phenoxy) is 1. The Morgan fingerprint density at radius 1 is 1.26 bits per heavy atom. The van der Waals surface area contributed by atoms with E-state index in [4.69, 9.17) is 4.74 Å². The lowest BCUT2D eigenvalue weighted by molar-refractivity contribution is -0.116. The first kappa shape index (κ1) is 22.7. The number of nitrogens with one attached hydrogen (secondary N) is 1. The fourth-order valence-electron chi connectivity index (χ4n) is 3.11. The van der Waals surface area contributed by atoms with Gasteiger partial charge in [-0.1, -0.05) is 30.3 Å². The zero-order chi connectivity index (χ0) is 22.2. The van der Waals surface area contributed by atoms with Gasteiger partial charge in [-0.05, 0) is 50.9 Å². The van der Waals surface area contributed by atoms with E-state index in [9.17, 15) is 9.18 Å². The van der Waals surface area contributed by atoms with E-state index in [1.54, 1.807) is 23.5 Å². The molecular formula is C24H26FN3O2S. The van der Waals surface area contributed by atoms with Crippen molar-refractivity contribution >= 4 is 23.3 Å². The van der Waals surface area contributed by atoms with Crippen LogP contribution in [0.4, 0.5) is 4.39 Å². The molecule has 1 unspecified atom stereocenters. The summed E-state index contributed by atoms with van der Waals surface area (Å²) in [5.74, 6) is 0.163. The van der Waals surface area contributed by atoms with Gasteiger partial charge in [-0.3, -0.25) is 4.79 Å². The summed E-state index contributed by atoms with van der Waals surface area (Å²) in [6.07, 6.45) is 3.21. The van der Waals surface area contributed by atoms with Crippen LogP contribution in [0.2, 0.25) is 0 Å². The highest BCUT2D eigenvalue weighted by Crippen LogP contribution is 2.22. The average Bonchev–Trinajstić information content (AvgIpc) is 3.16. The fraction of sp³-hybridized carbons (Fsp3) is 0.250. The van der Waals surface area contributed by atoms with E-state index >= 15 is 0 Å². The minimum Gasteiger partial charge on any atom is -0.487 e. The Hall–Kier alpha value is -3.03. The van der Waals surface area contributed by atoms with E-state index in [1.807, 2.05) is 61.6 Å². The number of hydrogen-bond donors (Lipinski definition) is 1. The van der Waals surface area contributed by atoms with E-state index in [2.05, 4.69) is 10.3 Å². The lowest BCUT2D eigenvalue weighted by atomic mass is 10.1. The second-order valence-electron chi connectivity index (χ2n) is 7.30. The topological polar surface area (TPSA) is 54.5 Å². The number of aryl methyl sites for hydroxylation is 1. The van der Waals surface area contributed by atoms with Crippen LogP contribution in [-0.2, 0) is 11.4 Å². The molecule has 0 aliphatic heterocycles. The van der Waals surface area contributed by atoms with Crippen LogP contribution in [0.3, 0.4) is 0 Å². The normalized spacial score (nSPS) is 12.3.